The van der Waals surface area contributed by atoms with E-state index in [1.165, 1.54) is 0 Å². The van der Waals surface area contributed by atoms with Crippen LogP contribution in [-0.4, -0.2) is 43.1 Å². The molecule has 2 rings (SSSR count). The number of methoxy groups -OCH3 is 1. The van der Waals surface area contributed by atoms with Gasteiger partial charge in [0.05, 0.1) is 12.8 Å². The first-order valence-electron chi connectivity index (χ1n) is 7.84. The Morgan fingerprint density at radius 1 is 1.35 bits per heavy atom. The van der Waals surface area contributed by atoms with Crippen molar-refractivity contribution in [2.45, 2.75) is 32.2 Å². The summed E-state index contributed by atoms with van der Waals surface area (Å²) in [5.41, 5.74) is 6.61. The summed E-state index contributed by atoms with van der Waals surface area (Å²) in [5, 5.41) is 2.99. The number of amides is 1. The monoisotopic (exact) mass is 341 g/mol. The minimum Gasteiger partial charge on any atom is -0.495 e. The number of carbonyl (C=O) groups excluding carboxylic acids is 1. The van der Waals surface area contributed by atoms with Crippen LogP contribution >= 0.6 is 12.4 Å². The summed E-state index contributed by atoms with van der Waals surface area (Å²) in [5.74, 6) is 0.830. The van der Waals surface area contributed by atoms with Gasteiger partial charge in [-0.3, -0.25) is 4.79 Å². The number of benzene rings is 1. The predicted octanol–water partition coefficient (Wildman–Crippen LogP) is 2.50. The summed E-state index contributed by atoms with van der Waals surface area (Å²) in [4.78, 5) is 14.8. The summed E-state index contributed by atoms with van der Waals surface area (Å²) in [6, 6.07) is 7.50. The first kappa shape index (κ1) is 19.7. The topological polar surface area (TPSA) is 67.6 Å². The summed E-state index contributed by atoms with van der Waals surface area (Å²) in [6.07, 6.45) is 1.74. The highest BCUT2D eigenvalue weighted by Crippen LogP contribution is 2.26. The highest BCUT2D eigenvalue weighted by atomic mass is 35.5. The fraction of sp³-hybridized carbons (Fsp3) is 0.588. The molecule has 1 aliphatic heterocycles. The zero-order valence-electron chi connectivity index (χ0n) is 14.2. The highest BCUT2D eigenvalue weighted by molar-refractivity contribution is 5.94. The molecule has 0 atom stereocenters. The van der Waals surface area contributed by atoms with E-state index in [1.807, 2.05) is 38.1 Å². The fourth-order valence-electron chi connectivity index (χ4n) is 2.91. The molecule has 0 saturated carbocycles. The van der Waals surface area contributed by atoms with Crippen LogP contribution in [0.3, 0.4) is 0 Å². The molecule has 1 aliphatic rings. The molecule has 0 unspecified atom stereocenters. The van der Waals surface area contributed by atoms with Crippen molar-refractivity contribution in [3.8, 4) is 5.75 Å². The van der Waals surface area contributed by atoms with E-state index in [-0.39, 0.29) is 29.8 Å². The lowest BCUT2D eigenvalue weighted by atomic mass is 9.94. The quantitative estimate of drug-likeness (QED) is 0.863. The number of likely N-dealkylation sites (tertiary alicyclic amines) is 1. The smallest absolute Gasteiger partial charge is 0.227 e. The summed E-state index contributed by atoms with van der Waals surface area (Å²) < 4.78 is 5.27. The zero-order chi connectivity index (χ0) is 16.2. The van der Waals surface area contributed by atoms with E-state index in [2.05, 4.69) is 10.2 Å². The lowest BCUT2D eigenvalue weighted by Crippen LogP contribution is -2.48. The molecule has 1 amide bonds. The molecular weight excluding hydrogens is 314 g/mol. The van der Waals surface area contributed by atoms with Gasteiger partial charge in [-0.05, 0) is 51.9 Å². The average molecular weight is 342 g/mol. The minimum atomic E-state index is -0.188. The van der Waals surface area contributed by atoms with E-state index in [9.17, 15) is 4.79 Å². The molecule has 1 heterocycles. The van der Waals surface area contributed by atoms with Crippen LogP contribution in [0.25, 0.3) is 0 Å². The largest absolute Gasteiger partial charge is 0.495 e. The predicted molar refractivity (Wildman–Crippen MR) is 96.3 cm³/mol. The Bertz CT molecular complexity index is 509. The van der Waals surface area contributed by atoms with Gasteiger partial charge in [-0.15, -0.1) is 12.4 Å². The average Bonchev–Trinajstić information content (AvgIpc) is 2.47. The zero-order valence-corrected chi connectivity index (χ0v) is 15.0. The Hall–Kier alpha value is -1.30. The number of ether oxygens (including phenoxy) is 1. The molecule has 6 heteroatoms. The van der Waals surface area contributed by atoms with Gasteiger partial charge in [0, 0.05) is 18.0 Å². The Morgan fingerprint density at radius 2 is 1.96 bits per heavy atom. The van der Waals surface area contributed by atoms with Gasteiger partial charge < -0.3 is 20.7 Å². The number of carbonyl (C=O) groups is 1. The summed E-state index contributed by atoms with van der Waals surface area (Å²) in [6.45, 7) is 6.78. The molecule has 1 saturated heterocycles. The third-order valence-corrected chi connectivity index (χ3v) is 3.95. The van der Waals surface area contributed by atoms with Crippen LogP contribution in [0.15, 0.2) is 24.3 Å². The van der Waals surface area contributed by atoms with E-state index in [0.717, 1.165) is 38.2 Å². The van der Waals surface area contributed by atoms with Gasteiger partial charge in [-0.25, -0.2) is 0 Å². The molecule has 1 aromatic rings. The van der Waals surface area contributed by atoms with E-state index < -0.39 is 0 Å². The molecule has 130 valence electrons. The van der Waals surface area contributed by atoms with Crippen LogP contribution in [0.5, 0.6) is 5.75 Å². The molecular formula is C17H28ClN3O2. The molecule has 5 nitrogen and oxygen atoms in total. The van der Waals surface area contributed by atoms with Crippen molar-refractivity contribution in [1.82, 2.24) is 4.90 Å². The fourth-order valence-corrected chi connectivity index (χ4v) is 2.91. The molecule has 0 aromatic heterocycles. The van der Waals surface area contributed by atoms with Crippen LogP contribution < -0.4 is 15.8 Å². The molecule has 0 radical (unpaired) electrons. The van der Waals surface area contributed by atoms with Crippen LogP contribution in [0, 0.1) is 5.92 Å². The lowest BCUT2D eigenvalue weighted by Gasteiger charge is -2.35. The maximum Gasteiger partial charge on any atom is 0.227 e. The van der Waals surface area contributed by atoms with Crippen molar-refractivity contribution in [1.29, 1.82) is 0 Å². The normalized spacial score (nSPS) is 16.5. The van der Waals surface area contributed by atoms with E-state index in [4.69, 9.17) is 10.5 Å². The van der Waals surface area contributed by atoms with Gasteiger partial charge in [0.1, 0.15) is 5.75 Å². The maximum atomic E-state index is 12.4. The molecule has 0 aliphatic carbocycles. The SMILES string of the molecule is COc1ccccc1NC(=O)C1CCN(CC(C)(C)N)CC1.Cl. The van der Waals surface area contributed by atoms with E-state index in [0.29, 0.717) is 5.75 Å². The first-order chi connectivity index (χ1) is 10.4. The van der Waals surface area contributed by atoms with Crippen LogP contribution in [0.1, 0.15) is 26.7 Å². The second-order valence-electron chi connectivity index (χ2n) is 6.73. The maximum absolute atomic E-state index is 12.4. The van der Waals surface area contributed by atoms with Gasteiger partial charge in [0.2, 0.25) is 5.91 Å². The number of nitrogens with two attached hydrogens (primary N) is 1. The number of nitrogens with one attached hydrogen (secondary N) is 1. The molecule has 0 bridgehead atoms. The third-order valence-electron chi connectivity index (χ3n) is 3.95. The van der Waals surface area contributed by atoms with Crippen molar-refractivity contribution >= 4 is 24.0 Å². The van der Waals surface area contributed by atoms with Crippen LogP contribution in [-0.2, 0) is 4.79 Å². The van der Waals surface area contributed by atoms with Crippen LogP contribution in [0.2, 0.25) is 0 Å². The van der Waals surface area contributed by atoms with Crippen molar-refractivity contribution in [2.24, 2.45) is 11.7 Å². The van der Waals surface area contributed by atoms with Crippen molar-refractivity contribution < 1.29 is 9.53 Å². The van der Waals surface area contributed by atoms with E-state index >= 15 is 0 Å². The van der Waals surface area contributed by atoms with Crippen molar-refractivity contribution in [3.05, 3.63) is 24.3 Å². The number of rotatable bonds is 5. The number of anilines is 1. The van der Waals surface area contributed by atoms with Crippen LogP contribution in [0.4, 0.5) is 5.69 Å². The number of hydrogen-bond donors (Lipinski definition) is 2. The number of hydrogen-bond acceptors (Lipinski definition) is 4. The molecule has 1 aromatic carbocycles. The first-order valence-corrected chi connectivity index (χ1v) is 7.84. The number of piperidine rings is 1. The Labute approximate surface area is 145 Å². The van der Waals surface area contributed by atoms with Crippen molar-refractivity contribution in [2.75, 3.05) is 32.1 Å². The van der Waals surface area contributed by atoms with Gasteiger partial charge in [0.25, 0.3) is 0 Å². The standard InChI is InChI=1S/C17H27N3O2.ClH/c1-17(2,18)12-20-10-8-13(9-11-20)16(21)19-14-6-4-5-7-15(14)22-3;/h4-7,13H,8-12,18H2,1-3H3,(H,19,21);1H. The third kappa shape index (κ3) is 6.01. The van der Waals surface area contributed by atoms with Gasteiger partial charge in [-0.2, -0.15) is 0 Å². The van der Waals surface area contributed by atoms with Crippen molar-refractivity contribution in [3.63, 3.8) is 0 Å². The second kappa shape index (κ2) is 8.52. The highest BCUT2D eigenvalue weighted by Gasteiger charge is 2.27. The molecule has 23 heavy (non-hydrogen) atoms. The molecule has 3 N–H and O–H groups in total. The van der Waals surface area contributed by atoms with Gasteiger partial charge in [0.15, 0.2) is 0 Å². The lowest BCUT2D eigenvalue weighted by molar-refractivity contribution is -0.121. The Kier molecular flexibility index (Phi) is 7.32. The van der Waals surface area contributed by atoms with E-state index in [1.54, 1.807) is 7.11 Å². The Morgan fingerprint density at radius 3 is 2.52 bits per heavy atom. The van der Waals surface area contributed by atoms with Gasteiger partial charge >= 0.3 is 0 Å². The molecule has 0 spiro atoms. The number of para-hydroxylation sites is 2. The summed E-state index contributed by atoms with van der Waals surface area (Å²) >= 11 is 0. The Balaban J connectivity index is 0.00000264. The number of nitrogens with zero attached hydrogens (tertiary/aromatic N) is 1. The number of halogens is 1. The minimum absolute atomic E-state index is 0. The second-order valence-corrected chi connectivity index (χ2v) is 6.73. The molecule has 1 fully saturated rings. The summed E-state index contributed by atoms with van der Waals surface area (Å²) in [7, 11) is 1.61. The van der Waals surface area contributed by atoms with Gasteiger partial charge in [-0.1, -0.05) is 12.1 Å².